The molecule has 0 bridgehead atoms. The fourth-order valence-corrected chi connectivity index (χ4v) is 1.88. The lowest BCUT2D eigenvalue weighted by Gasteiger charge is -2.02. The smallest absolute Gasteiger partial charge is 0.254 e. The van der Waals surface area contributed by atoms with Crippen molar-refractivity contribution in [2.24, 2.45) is 0 Å². The average Bonchev–Trinajstić information content (AvgIpc) is 2.18. The normalized spacial score (nSPS) is 11.2. The molecule has 0 aliphatic heterocycles. The van der Waals surface area contributed by atoms with Gasteiger partial charge in [0.05, 0.1) is 4.90 Å². The summed E-state index contributed by atoms with van der Waals surface area (Å²) in [6.07, 6.45) is 0.459. The zero-order chi connectivity index (χ0) is 9.90. The van der Waals surface area contributed by atoms with Crippen molar-refractivity contribution in [1.29, 1.82) is 0 Å². The Labute approximate surface area is 80.7 Å². The fraction of sp³-hybridized carbons (Fsp3) is 0. The van der Waals surface area contributed by atoms with Crippen LogP contribution in [-0.4, -0.2) is 14.7 Å². The van der Waals surface area contributed by atoms with Crippen molar-refractivity contribution in [3.8, 4) is 0 Å². The Bertz CT molecular complexity index is 416. The minimum absolute atomic E-state index is 0.0793. The molecule has 0 unspecified atom stereocenters. The fourth-order valence-electron chi connectivity index (χ4n) is 0.864. The Hall–Kier alpha value is -0.910. The van der Waals surface area contributed by atoms with E-state index in [9.17, 15) is 13.2 Å². The predicted molar refractivity (Wildman–Crippen MR) is 48.0 cm³/mol. The van der Waals surface area contributed by atoms with Crippen molar-refractivity contribution in [1.82, 2.24) is 4.24 Å². The third kappa shape index (κ3) is 2.06. The van der Waals surface area contributed by atoms with Gasteiger partial charge < -0.3 is 0 Å². The van der Waals surface area contributed by atoms with E-state index in [1.165, 1.54) is 18.2 Å². The van der Waals surface area contributed by atoms with Gasteiger partial charge in [-0.3, -0.25) is 4.79 Å². The van der Waals surface area contributed by atoms with E-state index in [4.69, 9.17) is 11.8 Å². The van der Waals surface area contributed by atoms with E-state index < -0.39 is 10.0 Å². The standard InChI is InChI=1S/C7H6ClNO3S/c8-9-13(11,12)7-4-2-1-3-6(7)5-10/h1-5,9H. The highest BCUT2D eigenvalue weighted by atomic mass is 35.5. The number of hydrogen-bond donors (Lipinski definition) is 1. The monoisotopic (exact) mass is 219 g/mol. The third-order valence-corrected chi connectivity index (χ3v) is 3.20. The molecule has 1 rings (SSSR count). The Kier molecular flexibility index (Phi) is 3.02. The van der Waals surface area contributed by atoms with Crippen molar-refractivity contribution in [3.05, 3.63) is 29.8 Å². The largest absolute Gasteiger partial charge is 0.298 e. The van der Waals surface area contributed by atoms with Crippen LogP contribution in [0.3, 0.4) is 0 Å². The van der Waals surface area contributed by atoms with Crippen LogP contribution in [0.2, 0.25) is 0 Å². The summed E-state index contributed by atoms with van der Waals surface area (Å²) >= 11 is 5.00. The molecule has 70 valence electrons. The lowest BCUT2D eigenvalue weighted by molar-refractivity contribution is 0.112. The maximum Gasteiger partial charge on any atom is 0.254 e. The summed E-state index contributed by atoms with van der Waals surface area (Å²) in [7, 11) is -3.76. The summed E-state index contributed by atoms with van der Waals surface area (Å²) in [6, 6.07) is 5.77. The van der Waals surface area contributed by atoms with Crippen LogP contribution in [0.1, 0.15) is 10.4 Å². The van der Waals surface area contributed by atoms with Crippen LogP contribution in [0.15, 0.2) is 29.2 Å². The Morgan fingerprint density at radius 1 is 1.31 bits per heavy atom. The van der Waals surface area contributed by atoms with Gasteiger partial charge in [0.25, 0.3) is 10.0 Å². The molecule has 0 aromatic heterocycles. The summed E-state index contributed by atoms with van der Waals surface area (Å²) in [5.74, 6) is 0. The molecule has 0 spiro atoms. The number of rotatable bonds is 3. The first-order chi connectivity index (χ1) is 6.11. The van der Waals surface area contributed by atoms with Gasteiger partial charge in [0.15, 0.2) is 6.29 Å². The van der Waals surface area contributed by atoms with Crippen LogP contribution in [0.5, 0.6) is 0 Å². The number of carbonyl (C=O) groups is 1. The van der Waals surface area contributed by atoms with E-state index in [-0.39, 0.29) is 10.5 Å². The molecule has 1 aromatic carbocycles. The van der Waals surface area contributed by atoms with E-state index in [2.05, 4.69) is 0 Å². The van der Waals surface area contributed by atoms with Gasteiger partial charge in [-0.15, -0.1) is 4.24 Å². The van der Waals surface area contributed by atoms with Crippen LogP contribution in [0.25, 0.3) is 0 Å². The van der Waals surface area contributed by atoms with Gasteiger partial charge in [-0.05, 0) is 17.8 Å². The molecule has 0 heterocycles. The molecule has 0 aliphatic carbocycles. The summed E-state index contributed by atoms with van der Waals surface area (Å²) in [5.41, 5.74) is 0.0793. The molecule has 0 atom stereocenters. The lowest BCUT2D eigenvalue weighted by atomic mass is 10.2. The number of halogens is 1. The van der Waals surface area contributed by atoms with Crippen molar-refractivity contribution in [3.63, 3.8) is 0 Å². The highest BCUT2D eigenvalue weighted by Crippen LogP contribution is 2.13. The molecule has 0 aliphatic rings. The molecule has 0 saturated carbocycles. The quantitative estimate of drug-likeness (QED) is 0.608. The first-order valence-electron chi connectivity index (χ1n) is 3.28. The van der Waals surface area contributed by atoms with E-state index in [0.29, 0.717) is 6.29 Å². The van der Waals surface area contributed by atoms with E-state index in [1.807, 2.05) is 0 Å². The molecule has 0 fully saturated rings. The minimum atomic E-state index is -3.76. The predicted octanol–water partition coefficient (Wildman–Crippen LogP) is 0.931. The van der Waals surface area contributed by atoms with E-state index >= 15 is 0 Å². The Balaban J connectivity index is 3.37. The van der Waals surface area contributed by atoms with Gasteiger partial charge in [0.2, 0.25) is 0 Å². The summed E-state index contributed by atoms with van der Waals surface area (Å²) in [5, 5.41) is 0. The molecule has 6 heteroatoms. The molecule has 1 N–H and O–H groups in total. The number of sulfonamides is 1. The SMILES string of the molecule is O=Cc1ccccc1S(=O)(=O)NCl. The molecule has 4 nitrogen and oxygen atoms in total. The summed E-state index contributed by atoms with van der Waals surface area (Å²) < 4.78 is 24.0. The minimum Gasteiger partial charge on any atom is -0.298 e. The van der Waals surface area contributed by atoms with Crippen molar-refractivity contribution in [2.75, 3.05) is 0 Å². The third-order valence-electron chi connectivity index (χ3n) is 1.44. The van der Waals surface area contributed by atoms with Gasteiger partial charge in [-0.25, -0.2) is 8.42 Å². The molecular weight excluding hydrogens is 214 g/mol. The van der Waals surface area contributed by atoms with Crippen LogP contribution in [-0.2, 0) is 10.0 Å². The van der Waals surface area contributed by atoms with Gasteiger partial charge in [-0.2, -0.15) is 0 Å². The average molecular weight is 220 g/mol. The van der Waals surface area contributed by atoms with E-state index in [0.717, 1.165) is 0 Å². The number of carbonyl (C=O) groups excluding carboxylic acids is 1. The number of aldehydes is 1. The number of hydrogen-bond acceptors (Lipinski definition) is 3. The first-order valence-corrected chi connectivity index (χ1v) is 5.14. The highest BCUT2D eigenvalue weighted by molar-refractivity contribution is 7.90. The summed E-state index contributed by atoms with van der Waals surface area (Å²) in [6.45, 7) is 0. The molecular formula is C7H6ClNO3S. The van der Waals surface area contributed by atoms with Crippen LogP contribution < -0.4 is 4.24 Å². The first kappa shape index (κ1) is 10.2. The number of benzene rings is 1. The maximum atomic E-state index is 11.2. The molecule has 13 heavy (non-hydrogen) atoms. The molecule has 0 amide bonds. The van der Waals surface area contributed by atoms with Crippen molar-refractivity contribution >= 4 is 28.1 Å². The molecule has 0 radical (unpaired) electrons. The van der Waals surface area contributed by atoms with Crippen molar-refractivity contribution < 1.29 is 13.2 Å². The lowest BCUT2D eigenvalue weighted by Crippen LogP contribution is -2.15. The molecule has 0 saturated heterocycles. The molecule has 1 aromatic rings. The summed E-state index contributed by atoms with van der Waals surface area (Å²) in [4.78, 5) is 10.3. The highest BCUT2D eigenvalue weighted by Gasteiger charge is 2.15. The van der Waals surface area contributed by atoms with Gasteiger partial charge in [-0.1, -0.05) is 18.2 Å². The van der Waals surface area contributed by atoms with Crippen molar-refractivity contribution in [2.45, 2.75) is 4.90 Å². The second kappa shape index (κ2) is 3.87. The van der Waals surface area contributed by atoms with Gasteiger partial charge in [0.1, 0.15) is 0 Å². The van der Waals surface area contributed by atoms with E-state index in [1.54, 1.807) is 10.3 Å². The number of nitrogens with one attached hydrogen (secondary N) is 1. The van der Waals surface area contributed by atoms with Crippen LogP contribution in [0, 0.1) is 0 Å². The van der Waals surface area contributed by atoms with Gasteiger partial charge in [0, 0.05) is 5.56 Å². The Morgan fingerprint density at radius 3 is 2.46 bits per heavy atom. The topological polar surface area (TPSA) is 63.2 Å². The second-order valence-electron chi connectivity index (χ2n) is 2.24. The zero-order valence-electron chi connectivity index (χ0n) is 6.40. The zero-order valence-corrected chi connectivity index (χ0v) is 7.97. The Morgan fingerprint density at radius 2 is 1.92 bits per heavy atom. The van der Waals surface area contributed by atoms with Gasteiger partial charge >= 0.3 is 0 Å². The second-order valence-corrected chi connectivity index (χ2v) is 4.30. The van der Waals surface area contributed by atoms with Crippen LogP contribution in [0.4, 0.5) is 0 Å². The maximum absolute atomic E-state index is 11.2. The van der Waals surface area contributed by atoms with Crippen LogP contribution >= 0.6 is 11.8 Å².